The van der Waals surface area contributed by atoms with Crippen LogP contribution in [-0.2, 0) is 0 Å². The third-order valence-corrected chi connectivity index (χ3v) is 5.02. The van der Waals surface area contributed by atoms with Crippen LogP contribution in [0.1, 0.15) is 22.8 Å². The lowest BCUT2D eigenvalue weighted by atomic mass is 10.2. The summed E-state index contributed by atoms with van der Waals surface area (Å²) < 4.78 is 7.55. The van der Waals surface area contributed by atoms with Gasteiger partial charge in [-0.05, 0) is 88.0 Å². The van der Waals surface area contributed by atoms with Gasteiger partial charge in [0.2, 0.25) is 0 Å². The largest absolute Gasteiger partial charge is 0.492 e. The molecule has 0 spiro atoms. The van der Waals surface area contributed by atoms with E-state index in [2.05, 4.69) is 55.7 Å². The van der Waals surface area contributed by atoms with E-state index < -0.39 is 5.91 Å². The summed E-state index contributed by atoms with van der Waals surface area (Å²) >= 11 is 16.2. The highest BCUT2D eigenvalue weighted by molar-refractivity contribution is 14.1. The molecule has 0 heterocycles. The molecule has 2 aromatic carbocycles. The maximum absolute atomic E-state index is 12.1. The molecule has 8 heteroatoms. The first-order valence-corrected chi connectivity index (χ1v) is 9.74. The van der Waals surface area contributed by atoms with Crippen molar-refractivity contribution in [1.29, 1.82) is 0 Å². The van der Waals surface area contributed by atoms with Crippen LogP contribution in [0.5, 0.6) is 5.75 Å². The number of hydrogen-bond acceptors (Lipinski definition) is 3. The Morgan fingerprint density at radius 2 is 1.92 bits per heavy atom. The Bertz CT molecular complexity index is 775. The van der Waals surface area contributed by atoms with E-state index in [0.29, 0.717) is 17.2 Å². The number of hydrazone groups is 1. The Kier molecular flexibility index (Phi) is 7.58. The quantitative estimate of drug-likeness (QED) is 0.290. The van der Waals surface area contributed by atoms with E-state index in [9.17, 15) is 4.79 Å². The normalized spacial score (nSPS) is 10.9. The molecule has 126 valence electrons. The highest BCUT2D eigenvalue weighted by Crippen LogP contribution is 2.28. The van der Waals surface area contributed by atoms with Gasteiger partial charge in [0.25, 0.3) is 5.91 Å². The average molecular weight is 589 g/mol. The number of nitrogens with zero attached hydrogens (tertiary/aromatic N) is 1. The average Bonchev–Trinajstić information content (AvgIpc) is 2.50. The fraction of sp³-hybridized carbons (Fsp3) is 0.125. The van der Waals surface area contributed by atoms with Gasteiger partial charge >= 0.3 is 0 Å². The van der Waals surface area contributed by atoms with Crippen LogP contribution in [-0.4, -0.2) is 18.7 Å². The number of nitrogens with one attached hydrogen (secondary N) is 1. The highest BCUT2D eigenvalue weighted by Gasteiger charge is 2.10. The third kappa shape index (κ3) is 5.21. The number of carbonyl (C=O) groups excluding carboxylic acids is 1. The SMILES string of the molecule is CCOc1c(I)cc(/C=N\NC(=O)c2ccc(Cl)cc2Cl)cc1I. The lowest BCUT2D eigenvalue weighted by molar-refractivity contribution is 0.0955. The zero-order chi connectivity index (χ0) is 17.7. The topological polar surface area (TPSA) is 50.7 Å². The van der Waals surface area contributed by atoms with Crippen molar-refractivity contribution >= 4 is 80.5 Å². The molecule has 0 saturated heterocycles. The summed E-state index contributed by atoms with van der Waals surface area (Å²) in [5.41, 5.74) is 3.62. The molecule has 4 nitrogen and oxygen atoms in total. The van der Waals surface area contributed by atoms with Crippen LogP contribution in [0.4, 0.5) is 0 Å². The Balaban J connectivity index is 2.10. The van der Waals surface area contributed by atoms with Crippen LogP contribution in [0.25, 0.3) is 0 Å². The van der Waals surface area contributed by atoms with Crippen molar-refractivity contribution in [2.75, 3.05) is 6.61 Å². The van der Waals surface area contributed by atoms with Crippen LogP contribution in [0.15, 0.2) is 35.4 Å². The van der Waals surface area contributed by atoms with Gasteiger partial charge in [-0.1, -0.05) is 23.2 Å². The number of ether oxygens (including phenoxy) is 1. The second-order valence-electron chi connectivity index (χ2n) is 4.57. The van der Waals surface area contributed by atoms with E-state index in [1.807, 2.05) is 19.1 Å². The van der Waals surface area contributed by atoms with E-state index >= 15 is 0 Å². The van der Waals surface area contributed by atoms with Gasteiger partial charge in [-0.3, -0.25) is 4.79 Å². The van der Waals surface area contributed by atoms with E-state index in [0.717, 1.165) is 18.5 Å². The van der Waals surface area contributed by atoms with Gasteiger partial charge in [-0.15, -0.1) is 0 Å². The predicted molar refractivity (Wildman–Crippen MR) is 115 cm³/mol. The van der Waals surface area contributed by atoms with Crippen LogP contribution in [0, 0.1) is 7.14 Å². The lowest BCUT2D eigenvalue weighted by Crippen LogP contribution is -2.18. The summed E-state index contributed by atoms with van der Waals surface area (Å²) in [5.74, 6) is 0.455. The van der Waals surface area contributed by atoms with Gasteiger partial charge in [0, 0.05) is 5.02 Å². The van der Waals surface area contributed by atoms with Gasteiger partial charge < -0.3 is 4.74 Å². The van der Waals surface area contributed by atoms with Crippen LogP contribution in [0.2, 0.25) is 10.0 Å². The fourth-order valence-corrected chi connectivity index (χ4v) is 4.46. The van der Waals surface area contributed by atoms with Gasteiger partial charge in [0.05, 0.1) is 30.5 Å². The summed E-state index contributed by atoms with van der Waals surface area (Å²) in [5, 5.41) is 4.72. The van der Waals surface area contributed by atoms with Crippen molar-refractivity contribution < 1.29 is 9.53 Å². The molecule has 2 aromatic rings. The van der Waals surface area contributed by atoms with Gasteiger partial charge in [-0.25, -0.2) is 5.43 Å². The zero-order valence-corrected chi connectivity index (χ0v) is 18.3. The Hall–Kier alpha value is -0.580. The third-order valence-electron chi connectivity index (χ3n) is 2.86. The Morgan fingerprint density at radius 1 is 1.25 bits per heavy atom. The number of halogens is 4. The summed E-state index contributed by atoms with van der Waals surface area (Å²) in [6.07, 6.45) is 1.57. The van der Waals surface area contributed by atoms with E-state index in [1.54, 1.807) is 18.3 Å². The van der Waals surface area contributed by atoms with E-state index in [-0.39, 0.29) is 5.02 Å². The molecule has 0 radical (unpaired) electrons. The molecule has 2 rings (SSSR count). The number of benzene rings is 2. The van der Waals surface area contributed by atoms with Gasteiger partial charge in [0.15, 0.2) is 0 Å². The molecule has 0 unspecified atom stereocenters. The first kappa shape index (κ1) is 19.7. The Morgan fingerprint density at radius 3 is 2.50 bits per heavy atom. The van der Waals surface area contributed by atoms with Crippen molar-refractivity contribution in [1.82, 2.24) is 5.43 Å². The summed E-state index contributed by atoms with van der Waals surface area (Å²) in [7, 11) is 0. The molecular weight excluding hydrogens is 577 g/mol. The number of amides is 1. The number of rotatable bonds is 5. The second kappa shape index (κ2) is 9.21. The molecule has 0 atom stereocenters. The second-order valence-corrected chi connectivity index (χ2v) is 7.74. The van der Waals surface area contributed by atoms with Crippen LogP contribution >= 0.6 is 68.4 Å². The highest BCUT2D eigenvalue weighted by atomic mass is 127. The number of carbonyl (C=O) groups is 1. The molecule has 1 N–H and O–H groups in total. The monoisotopic (exact) mass is 588 g/mol. The molecular formula is C16H12Cl2I2N2O2. The predicted octanol–water partition coefficient (Wildman–Crippen LogP) is 5.37. The van der Waals surface area contributed by atoms with Gasteiger partial charge in [0.1, 0.15) is 5.75 Å². The molecule has 0 aliphatic heterocycles. The van der Waals surface area contributed by atoms with E-state index in [4.69, 9.17) is 27.9 Å². The van der Waals surface area contributed by atoms with Crippen molar-refractivity contribution in [3.05, 3.63) is 58.6 Å². The molecule has 0 saturated carbocycles. The molecule has 0 aromatic heterocycles. The summed E-state index contributed by atoms with van der Waals surface area (Å²) in [4.78, 5) is 12.1. The van der Waals surface area contributed by atoms with Crippen molar-refractivity contribution in [3.63, 3.8) is 0 Å². The lowest BCUT2D eigenvalue weighted by Gasteiger charge is -2.09. The summed E-state index contributed by atoms with van der Waals surface area (Å²) in [6.45, 7) is 2.55. The smallest absolute Gasteiger partial charge is 0.272 e. The first-order chi connectivity index (χ1) is 11.4. The number of hydrogen-bond donors (Lipinski definition) is 1. The first-order valence-electron chi connectivity index (χ1n) is 6.82. The maximum atomic E-state index is 12.1. The minimum Gasteiger partial charge on any atom is -0.492 e. The van der Waals surface area contributed by atoms with Crippen LogP contribution < -0.4 is 10.2 Å². The van der Waals surface area contributed by atoms with Crippen molar-refractivity contribution in [3.8, 4) is 5.75 Å². The molecule has 1 amide bonds. The van der Waals surface area contributed by atoms with Crippen LogP contribution in [0.3, 0.4) is 0 Å². The zero-order valence-electron chi connectivity index (χ0n) is 12.4. The Labute approximate surface area is 177 Å². The minimum absolute atomic E-state index is 0.278. The molecule has 0 bridgehead atoms. The van der Waals surface area contributed by atoms with Crippen molar-refractivity contribution in [2.24, 2.45) is 5.10 Å². The fourth-order valence-electron chi connectivity index (χ4n) is 1.84. The van der Waals surface area contributed by atoms with Gasteiger partial charge in [-0.2, -0.15) is 5.10 Å². The molecule has 0 aliphatic carbocycles. The molecule has 0 aliphatic rings. The van der Waals surface area contributed by atoms with Crippen molar-refractivity contribution in [2.45, 2.75) is 6.92 Å². The standard InChI is InChI=1S/C16H12Cl2I2N2O2/c1-2-24-15-13(19)5-9(6-14(15)20)8-21-22-16(23)11-4-3-10(17)7-12(11)18/h3-8H,2H2,1H3,(H,22,23)/b21-8-. The van der Waals surface area contributed by atoms with E-state index in [1.165, 1.54) is 6.07 Å². The summed E-state index contributed by atoms with van der Waals surface area (Å²) in [6, 6.07) is 8.53. The molecule has 24 heavy (non-hydrogen) atoms. The molecule has 0 fully saturated rings. The maximum Gasteiger partial charge on any atom is 0.272 e. The minimum atomic E-state index is -0.400.